The summed E-state index contributed by atoms with van der Waals surface area (Å²) in [5, 5.41) is 9.96. The van der Waals surface area contributed by atoms with Crippen LogP contribution in [0.2, 0.25) is 0 Å². The Hall–Kier alpha value is -2.35. The van der Waals surface area contributed by atoms with E-state index >= 15 is 0 Å². The number of hydrogen-bond acceptors (Lipinski definition) is 5. The molecule has 2 aliphatic rings. The van der Waals surface area contributed by atoms with Crippen LogP contribution in [0.4, 0.5) is 4.79 Å². The molecule has 4 rings (SSSR count). The summed E-state index contributed by atoms with van der Waals surface area (Å²) in [6.07, 6.45) is 0.597. The largest absolute Gasteiger partial charge is 0.494 e. The highest BCUT2D eigenvalue weighted by Gasteiger charge is 2.51. The second-order valence-electron chi connectivity index (χ2n) is 11.1. The van der Waals surface area contributed by atoms with E-state index in [-0.39, 0.29) is 29.4 Å². The van der Waals surface area contributed by atoms with Gasteiger partial charge in [0, 0.05) is 19.4 Å². The molecule has 190 valence electrons. The molecule has 0 radical (unpaired) electrons. The Balaban J connectivity index is 0.000000497. The first-order valence-electron chi connectivity index (χ1n) is 12.4. The zero-order chi connectivity index (χ0) is 25.9. The van der Waals surface area contributed by atoms with E-state index in [4.69, 9.17) is 14.0 Å². The third kappa shape index (κ3) is 7.09. The van der Waals surface area contributed by atoms with Gasteiger partial charge in [0.1, 0.15) is 6.10 Å². The molecule has 2 aromatic rings. The molecule has 7 heteroatoms. The Bertz CT molecular complexity index is 913. The van der Waals surface area contributed by atoms with Crippen LogP contribution in [-0.4, -0.2) is 52.7 Å². The number of carbonyl (C=O) groups excluding carboxylic acids is 1. The number of ether oxygens (including phenoxy) is 1. The fourth-order valence-electron chi connectivity index (χ4n) is 4.17. The van der Waals surface area contributed by atoms with E-state index in [9.17, 15) is 9.90 Å². The van der Waals surface area contributed by atoms with Gasteiger partial charge in [-0.3, -0.25) is 0 Å². The standard InChI is InChI=1S/C22H34BNO5.C6H6/c1-15(24-13-12-18(27-19(24)25)14-20(2,3)26)16-8-10-17(11-9-16)23-28-21(4,5)22(6,7)29-23;1-2-4-6-5-3-1/h8-11,15,18,26H,12-14H2,1-7H3;1-6H. The molecule has 2 atom stereocenters. The normalized spacial score (nSPS) is 22.2. The van der Waals surface area contributed by atoms with Gasteiger partial charge in [0.25, 0.3) is 0 Å². The van der Waals surface area contributed by atoms with Gasteiger partial charge in [-0.05, 0) is 59.5 Å². The van der Waals surface area contributed by atoms with Gasteiger partial charge in [-0.25, -0.2) is 4.79 Å². The van der Waals surface area contributed by atoms with E-state index < -0.39 is 12.7 Å². The Labute approximate surface area is 210 Å². The van der Waals surface area contributed by atoms with E-state index in [1.165, 1.54) is 0 Å². The van der Waals surface area contributed by atoms with Crippen molar-refractivity contribution in [2.24, 2.45) is 0 Å². The topological polar surface area (TPSA) is 68.2 Å². The second-order valence-corrected chi connectivity index (χ2v) is 11.1. The highest BCUT2D eigenvalue weighted by atomic mass is 16.7. The maximum Gasteiger partial charge on any atom is 0.494 e. The molecule has 1 amide bonds. The van der Waals surface area contributed by atoms with Gasteiger partial charge in [0.2, 0.25) is 0 Å². The number of benzene rings is 2. The van der Waals surface area contributed by atoms with Crippen molar-refractivity contribution in [2.75, 3.05) is 6.54 Å². The van der Waals surface area contributed by atoms with Gasteiger partial charge >= 0.3 is 13.2 Å². The molecule has 0 aromatic heterocycles. The summed E-state index contributed by atoms with van der Waals surface area (Å²) in [5.74, 6) is 0. The van der Waals surface area contributed by atoms with Crippen LogP contribution in [0.5, 0.6) is 0 Å². The Morgan fingerprint density at radius 2 is 1.49 bits per heavy atom. The van der Waals surface area contributed by atoms with Crippen LogP contribution in [0.15, 0.2) is 60.7 Å². The lowest BCUT2D eigenvalue weighted by atomic mass is 9.78. The molecule has 1 N–H and O–H groups in total. The maximum atomic E-state index is 12.5. The van der Waals surface area contributed by atoms with Gasteiger partial charge in [-0.1, -0.05) is 60.7 Å². The average molecular weight is 481 g/mol. The third-order valence-corrected chi connectivity index (χ3v) is 7.00. The van der Waals surface area contributed by atoms with Crippen LogP contribution in [0.25, 0.3) is 0 Å². The molecule has 2 aromatic carbocycles. The summed E-state index contributed by atoms with van der Waals surface area (Å²) in [4.78, 5) is 14.2. The second kappa shape index (κ2) is 10.7. The summed E-state index contributed by atoms with van der Waals surface area (Å²) < 4.78 is 17.8. The van der Waals surface area contributed by atoms with Crippen LogP contribution in [-0.2, 0) is 14.0 Å². The van der Waals surface area contributed by atoms with Crippen LogP contribution >= 0.6 is 0 Å². The van der Waals surface area contributed by atoms with Crippen molar-refractivity contribution in [1.29, 1.82) is 0 Å². The van der Waals surface area contributed by atoms with Crippen LogP contribution in [0.1, 0.15) is 72.9 Å². The summed E-state index contributed by atoms with van der Waals surface area (Å²) >= 11 is 0. The number of aliphatic hydroxyl groups is 1. The van der Waals surface area contributed by atoms with Crippen LogP contribution in [0, 0.1) is 0 Å². The summed E-state index contributed by atoms with van der Waals surface area (Å²) in [7, 11) is -0.396. The molecule has 2 unspecified atom stereocenters. The van der Waals surface area contributed by atoms with Crippen LogP contribution in [0.3, 0.4) is 0 Å². The summed E-state index contributed by atoms with van der Waals surface area (Å²) in [5.41, 5.74) is 0.401. The number of nitrogens with zero attached hydrogens (tertiary/aromatic N) is 1. The summed E-state index contributed by atoms with van der Waals surface area (Å²) in [6.45, 7) is 14.2. The molecule has 6 nitrogen and oxygen atoms in total. The molecule has 2 fully saturated rings. The van der Waals surface area contributed by atoms with Crippen LogP contribution < -0.4 is 5.46 Å². The molecule has 2 aliphatic heterocycles. The third-order valence-electron chi connectivity index (χ3n) is 7.00. The maximum absolute atomic E-state index is 12.5. The van der Waals surface area contributed by atoms with E-state index in [2.05, 4.69) is 0 Å². The fraction of sp³-hybridized carbons (Fsp3) is 0.536. The molecule has 2 heterocycles. The first-order chi connectivity index (χ1) is 16.3. The lowest BCUT2D eigenvalue weighted by Crippen LogP contribution is -2.45. The first-order valence-corrected chi connectivity index (χ1v) is 12.4. The highest BCUT2D eigenvalue weighted by molar-refractivity contribution is 6.62. The van der Waals surface area contributed by atoms with Crippen molar-refractivity contribution in [3.63, 3.8) is 0 Å². The van der Waals surface area contributed by atoms with Gasteiger partial charge in [0.05, 0.1) is 22.8 Å². The number of hydrogen-bond donors (Lipinski definition) is 1. The van der Waals surface area contributed by atoms with Crippen molar-refractivity contribution in [3.8, 4) is 0 Å². The van der Waals surface area contributed by atoms with E-state index in [0.29, 0.717) is 19.4 Å². The molecular formula is C28H40BNO5. The molecule has 0 saturated carbocycles. The molecule has 0 bridgehead atoms. The minimum Gasteiger partial charge on any atom is -0.446 e. The SMILES string of the molecule is CC(c1ccc(B2OC(C)(C)C(C)(C)O2)cc1)N1CCC(CC(C)(C)O)OC1=O.c1ccccc1. The minimum absolute atomic E-state index is 0.0991. The van der Waals surface area contributed by atoms with Gasteiger partial charge in [-0.15, -0.1) is 0 Å². The van der Waals surface area contributed by atoms with Gasteiger partial charge in [0.15, 0.2) is 0 Å². The zero-order valence-corrected chi connectivity index (χ0v) is 22.2. The predicted molar refractivity (Wildman–Crippen MR) is 140 cm³/mol. The van der Waals surface area contributed by atoms with Crippen molar-refractivity contribution in [1.82, 2.24) is 4.90 Å². The molecule has 0 aliphatic carbocycles. The quantitative estimate of drug-likeness (QED) is 0.602. The zero-order valence-electron chi connectivity index (χ0n) is 22.2. The van der Waals surface area contributed by atoms with Crippen molar-refractivity contribution in [3.05, 3.63) is 66.2 Å². The molecular weight excluding hydrogens is 441 g/mol. The van der Waals surface area contributed by atoms with E-state index in [0.717, 1.165) is 11.0 Å². The van der Waals surface area contributed by atoms with Gasteiger partial charge in [-0.2, -0.15) is 0 Å². The number of carbonyl (C=O) groups is 1. The lowest BCUT2D eigenvalue weighted by molar-refractivity contribution is -0.0309. The van der Waals surface area contributed by atoms with E-state index in [1.807, 2.05) is 95.3 Å². The van der Waals surface area contributed by atoms with Crippen molar-refractivity contribution < 1.29 is 23.9 Å². The fourth-order valence-corrected chi connectivity index (χ4v) is 4.17. The Morgan fingerprint density at radius 1 is 1.00 bits per heavy atom. The van der Waals surface area contributed by atoms with Gasteiger partial charge < -0.3 is 24.1 Å². The first kappa shape index (κ1) is 27.2. The average Bonchev–Trinajstić information content (AvgIpc) is 3.01. The number of amides is 1. The lowest BCUT2D eigenvalue weighted by Gasteiger charge is -2.37. The minimum atomic E-state index is -0.845. The number of cyclic esters (lactones) is 1. The monoisotopic (exact) mass is 481 g/mol. The highest BCUT2D eigenvalue weighted by Crippen LogP contribution is 2.36. The Morgan fingerprint density at radius 3 is 1.91 bits per heavy atom. The molecule has 35 heavy (non-hydrogen) atoms. The van der Waals surface area contributed by atoms with Crippen molar-refractivity contribution >= 4 is 18.7 Å². The predicted octanol–water partition coefficient (Wildman–Crippen LogP) is 5.11. The smallest absolute Gasteiger partial charge is 0.446 e. The molecule has 2 saturated heterocycles. The Kier molecular flexibility index (Phi) is 8.35. The molecule has 0 spiro atoms. The summed E-state index contributed by atoms with van der Waals surface area (Å²) in [6, 6.07) is 19.9. The number of rotatable bonds is 5. The van der Waals surface area contributed by atoms with E-state index in [1.54, 1.807) is 18.7 Å². The van der Waals surface area contributed by atoms with Crippen molar-refractivity contribution in [2.45, 2.75) is 90.3 Å².